The van der Waals surface area contributed by atoms with Crippen molar-refractivity contribution >= 4 is 10.9 Å². The molecule has 3 aromatic rings. The molecule has 1 aromatic heterocycles. The van der Waals surface area contributed by atoms with Crippen molar-refractivity contribution in [2.24, 2.45) is 0 Å². The molecule has 0 unspecified atom stereocenters. The maximum atomic E-state index is 6.23. The van der Waals surface area contributed by atoms with Gasteiger partial charge in [0.1, 0.15) is 23.9 Å². The molecule has 5 nitrogen and oxygen atoms in total. The summed E-state index contributed by atoms with van der Waals surface area (Å²) in [5, 5.41) is 0.959. The third kappa shape index (κ3) is 5.42. The Morgan fingerprint density at radius 2 is 1.57 bits per heavy atom. The maximum absolute atomic E-state index is 6.23. The van der Waals surface area contributed by atoms with Gasteiger partial charge in [-0.3, -0.25) is 0 Å². The van der Waals surface area contributed by atoms with E-state index in [9.17, 15) is 0 Å². The summed E-state index contributed by atoms with van der Waals surface area (Å²) in [6.07, 6.45) is 0.992. The normalized spacial score (nSPS) is 11.1. The van der Waals surface area contributed by atoms with Crippen LogP contribution in [0.4, 0.5) is 0 Å². The van der Waals surface area contributed by atoms with Crippen molar-refractivity contribution in [3.05, 3.63) is 48.5 Å². The number of rotatable bonds is 11. The average Bonchev–Trinajstić information content (AvgIpc) is 2.80. The van der Waals surface area contributed by atoms with Gasteiger partial charge in [-0.05, 0) is 62.0 Å². The van der Waals surface area contributed by atoms with Gasteiger partial charge < -0.3 is 19.1 Å². The number of benzene rings is 2. The summed E-state index contributed by atoms with van der Waals surface area (Å²) in [4.78, 5) is 7.21. The lowest BCUT2D eigenvalue weighted by Gasteiger charge is -2.19. The van der Waals surface area contributed by atoms with Crippen LogP contribution in [-0.4, -0.2) is 49.8 Å². The Morgan fingerprint density at radius 3 is 2.23 bits per heavy atom. The largest absolute Gasteiger partial charge is 0.497 e. The molecule has 2 aromatic carbocycles. The van der Waals surface area contributed by atoms with Crippen LogP contribution in [0.3, 0.4) is 0 Å². The van der Waals surface area contributed by atoms with E-state index in [0.717, 1.165) is 72.1 Å². The van der Waals surface area contributed by atoms with Crippen LogP contribution in [0, 0.1) is 0 Å². The van der Waals surface area contributed by atoms with Crippen LogP contribution in [0.5, 0.6) is 17.2 Å². The Balaban J connectivity index is 1.91. The summed E-state index contributed by atoms with van der Waals surface area (Å²) in [5.41, 5.74) is 2.80. The molecule has 0 aliphatic rings. The lowest BCUT2D eigenvalue weighted by Crippen LogP contribution is -2.27. The zero-order chi connectivity index (χ0) is 21.3. The lowest BCUT2D eigenvalue weighted by molar-refractivity contribution is 0.224. The summed E-state index contributed by atoms with van der Waals surface area (Å²) in [5.74, 6) is 2.50. The molecule has 0 aliphatic carbocycles. The first kappa shape index (κ1) is 21.9. The van der Waals surface area contributed by atoms with Crippen LogP contribution in [0.15, 0.2) is 48.5 Å². The van der Waals surface area contributed by atoms with E-state index in [-0.39, 0.29) is 0 Å². The number of ether oxygens (including phenoxy) is 3. The Morgan fingerprint density at radius 1 is 0.833 bits per heavy atom. The first-order valence-electron chi connectivity index (χ1n) is 10.8. The van der Waals surface area contributed by atoms with Crippen LogP contribution in [-0.2, 0) is 0 Å². The van der Waals surface area contributed by atoms with E-state index >= 15 is 0 Å². The van der Waals surface area contributed by atoms with Gasteiger partial charge in [0.2, 0.25) is 0 Å². The fourth-order valence-corrected chi connectivity index (χ4v) is 3.33. The molecule has 160 valence electrons. The van der Waals surface area contributed by atoms with Gasteiger partial charge in [0.05, 0.1) is 24.9 Å². The fraction of sp³-hybridized carbons (Fsp3) is 0.400. The second kappa shape index (κ2) is 10.8. The van der Waals surface area contributed by atoms with E-state index in [1.165, 1.54) is 0 Å². The van der Waals surface area contributed by atoms with E-state index in [1.54, 1.807) is 7.11 Å². The molecule has 0 bridgehead atoms. The molecule has 0 aliphatic heterocycles. The average molecular weight is 409 g/mol. The highest BCUT2D eigenvalue weighted by atomic mass is 16.5. The topological polar surface area (TPSA) is 43.8 Å². The van der Waals surface area contributed by atoms with Gasteiger partial charge in [-0.25, -0.2) is 4.98 Å². The van der Waals surface area contributed by atoms with Gasteiger partial charge in [-0.1, -0.05) is 20.8 Å². The number of hydrogen-bond donors (Lipinski definition) is 0. The zero-order valence-corrected chi connectivity index (χ0v) is 18.5. The molecule has 0 saturated heterocycles. The van der Waals surface area contributed by atoms with Crippen molar-refractivity contribution in [3.8, 4) is 28.5 Å². The molecule has 5 heteroatoms. The highest BCUT2D eigenvalue weighted by Crippen LogP contribution is 2.33. The number of aromatic nitrogens is 1. The highest BCUT2D eigenvalue weighted by Gasteiger charge is 2.11. The molecular formula is C25H32N2O3. The van der Waals surface area contributed by atoms with E-state index in [2.05, 4.69) is 25.7 Å². The first-order chi connectivity index (χ1) is 14.7. The van der Waals surface area contributed by atoms with Crippen LogP contribution in [0.25, 0.3) is 22.2 Å². The van der Waals surface area contributed by atoms with Crippen LogP contribution in [0.1, 0.15) is 27.2 Å². The van der Waals surface area contributed by atoms with Crippen molar-refractivity contribution in [1.29, 1.82) is 0 Å². The van der Waals surface area contributed by atoms with Gasteiger partial charge in [0.15, 0.2) is 0 Å². The van der Waals surface area contributed by atoms with Crippen LogP contribution >= 0.6 is 0 Å². The van der Waals surface area contributed by atoms with Gasteiger partial charge in [-0.2, -0.15) is 0 Å². The van der Waals surface area contributed by atoms with Crippen LogP contribution < -0.4 is 14.2 Å². The van der Waals surface area contributed by atoms with E-state index in [0.29, 0.717) is 6.61 Å². The minimum atomic E-state index is 0.626. The molecule has 3 rings (SSSR count). The quantitative estimate of drug-likeness (QED) is 0.424. The molecule has 0 spiro atoms. The molecule has 30 heavy (non-hydrogen) atoms. The van der Waals surface area contributed by atoms with Gasteiger partial charge in [0, 0.05) is 23.6 Å². The summed E-state index contributed by atoms with van der Waals surface area (Å²) in [6, 6.07) is 16.0. The third-order valence-corrected chi connectivity index (χ3v) is 5.16. The second-order valence-corrected chi connectivity index (χ2v) is 7.14. The predicted molar refractivity (Wildman–Crippen MR) is 123 cm³/mol. The second-order valence-electron chi connectivity index (χ2n) is 7.14. The third-order valence-electron chi connectivity index (χ3n) is 5.16. The predicted octanol–water partition coefficient (Wildman–Crippen LogP) is 5.42. The minimum Gasteiger partial charge on any atom is -0.497 e. The number of hydrogen-bond acceptors (Lipinski definition) is 5. The van der Waals surface area contributed by atoms with Crippen molar-refractivity contribution in [3.63, 3.8) is 0 Å². The summed E-state index contributed by atoms with van der Waals surface area (Å²) in [6.45, 7) is 10.7. The fourth-order valence-electron chi connectivity index (χ4n) is 3.33. The first-order valence-corrected chi connectivity index (χ1v) is 10.8. The number of methoxy groups -OCH3 is 1. The molecule has 0 radical (unpaired) electrons. The Hall–Kier alpha value is -2.79. The van der Waals surface area contributed by atoms with E-state index in [4.69, 9.17) is 19.2 Å². The molecular weight excluding hydrogens is 376 g/mol. The van der Waals surface area contributed by atoms with Crippen molar-refractivity contribution in [1.82, 2.24) is 9.88 Å². The smallest absolute Gasteiger partial charge is 0.131 e. The summed E-state index contributed by atoms with van der Waals surface area (Å²) in [7, 11) is 1.67. The minimum absolute atomic E-state index is 0.626. The monoisotopic (exact) mass is 408 g/mol. The SMILES string of the molecule is CCCOc1ccc(-c2cc(OCCN(CC)CC)c3cc(OC)ccc3n2)cc1. The lowest BCUT2D eigenvalue weighted by atomic mass is 10.1. The molecule has 1 heterocycles. The number of fused-ring (bicyclic) bond motifs is 1. The van der Waals surface area contributed by atoms with Gasteiger partial charge in [-0.15, -0.1) is 0 Å². The van der Waals surface area contributed by atoms with Crippen LogP contribution in [0.2, 0.25) is 0 Å². The molecule has 0 atom stereocenters. The number of nitrogens with zero attached hydrogens (tertiary/aromatic N) is 2. The van der Waals surface area contributed by atoms with Gasteiger partial charge >= 0.3 is 0 Å². The number of pyridine rings is 1. The number of likely N-dealkylation sites (N-methyl/N-ethyl adjacent to an activating group) is 1. The Labute approximate surface area is 179 Å². The van der Waals surface area contributed by atoms with Crippen molar-refractivity contribution < 1.29 is 14.2 Å². The molecule has 0 fully saturated rings. The summed E-state index contributed by atoms with van der Waals surface area (Å²) >= 11 is 0. The van der Waals surface area contributed by atoms with Crippen molar-refractivity contribution in [2.45, 2.75) is 27.2 Å². The van der Waals surface area contributed by atoms with Gasteiger partial charge in [0.25, 0.3) is 0 Å². The molecule has 0 saturated carbocycles. The summed E-state index contributed by atoms with van der Waals surface area (Å²) < 4.78 is 17.3. The van der Waals surface area contributed by atoms with E-state index < -0.39 is 0 Å². The van der Waals surface area contributed by atoms with Crippen molar-refractivity contribution in [2.75, 3.05) is 40.0 Å². The zero-order valence-electron chi connectivity index (χ0n) is 18.5. The molecule has 0 N–H and O–H groups in total. The maximum Gasteiger partial charge on any atom is 0.131 e. The Bertz CT molecular complexity index is 937. The standard InChI is InChI=1S/C25H32N2O3/c1-5-15-29-20-10-8-19(9-11-20)24-18-25(30-16-14-27(6-2)7-3)22-17-21(28-4)12-13-23(22)26-24/h8-13,17-18H,5-7,14-16H2,1-4H3. The Kier molecular flexibility index (Phi) is 7.91. The highest BCUT2D eigenvalue weighted by molar-refractivity contribution is 5.89. The molecule has 0 amide bonds. The van der Waals surface area contributed by atoms with E-state index in [1.807, 2.05) is 48.5 Å².